The van der Waals surface area contributed by atoms with Crippen LogP contribution in [0.25, 0.3) is 10.9 Å². The van der Waals surface area contributed by atoms with E-state index in [1.807, 2.05) is 4.68 Å². The smallest absolute Gasteiger partial charge is 0.274 e. The third-order valence-corrected chi connectivity index (χ3v) is 2.89. The highest BCUT2D eigenvalue weighted by atomic mass is 35.5. The van der Waals surface area contributed by atoms with Crippen LogP contribution >= 0.6 is 11.6 Å². The van der Waals surface area contributed by atoms with E-state index in [9.17, 15) is 4.79 Å². The minimum atomic E-state index is 0.0324. The molecule has 0 N–H and O–H groups in total. The number of benzene rings is 1. The number of halogens is 1. The lowest BCUT2D eigenvalue weighted by Gasteiger charge is -2.18. The van der Waals surface area contributed by atoms with Crippen LogP contribution in [0.15, 0.2) is 23.0 Å². The van der Waals surface area contributed by atoms with Crippen LogP contribution in [0.5, 0.6) is 0 Å². The standard InChI is InChI=1S/C10H9ClN2O2/c11-7-1-2-8-9(5-7)13-6-15-4-3-12(13)10(8)14/h1-2,5H,3-4,6H2. The Morgan fingerprint density at radius 1 is 1.33 bits per heavy atom. The van der Waals surface area contributed by atoms with Crippen molar-refractivity contribution in [1.82, 2.24) is 9.36 Å². The van der Waals surface area contributed by atoms with E-state index in [1.54, 1.807) is 22.9 Å². The fourth-order valence-corrected chi connectivity index (χ4v) is 2.11. The van der Waals surface area contributed by atoms with E-state index in [2.05, 4.69) is 0 Å². The number of rotatable bonds is 0. The Morgan fingerprint density at radius 3 is 3.07 bits per heavy atom. The summed E-state index contributed by atoms with van der Waals surface area (Å²) in [4.78, 5) is 11.9. The van der Waals surface area contributed by atoms with Crippen LogP contribution in [0.4, 0.5) is 0 Å². The lowest BCUT2D eigenvalue weighted by Crippen LogP contribution is -2.30. The Bertz CT molecular complexity index is 585. The molecule has 0 saturated heterocycles. The first kappa shape index (κ1) is 9.00. The first-order chi connectivity index (χ1) is 7.27. The maximum atomic E-state index is 11.9. The lowest BCUT2D eigenvalue weighted by atomic mass is 10.2. The quantitative estimate of drug-likeness (QED) is 0.679. The molecular weight excluding hydrogens is 216 g/mol. The Labute approximate surface area is 90.6 Å². The second kappa shape index (κ2) is 3.12. The van der Waals surface area contributed by atoms with Crippen molar-refractivity contribution in [2.75, 3.05) is 6.61 Å². The number of hydrogen-bond acceptors (Lipinski definition) is 2. The van der Waals surface area contributed by atoms with Crippen molar-refractivity contribution >= 4 is 22.5 Å². The van der Waals surface area contributed by atoms with Crippen molar-refractivity contribution in [3.63, 3.8) is 0 Å². The zero-order valence-electron chi connectivity index (χ0n) is 7.94. The molecule has 5 heteroatoms. The molecule has 0 atom stereocenters. The zero-order valence-corrected chi connectivity index (χ0v) is 8.70. The highest BCUT2D eigenvalue weighted by Crippen LogP contribution is 2.18. The number of hydrogen-bond donors (Lipinski definition) is 0. The first-order valence-corrected chi connectivity index (χ1v) is 5.12. The van der Waals surface area contributed by atoms with Gasteiger partial charge in [0.25, 0.3) is 5.56 Å². The largest absolute Gasteiger partial charge is 0.357 e. The van der Waals surface area contributed by atoms with Gasteiger partial charge in [0, 0.05) is 5.02 Å². The highest BCUT2D eigenvalue weighted by molar-refractivity contribution is 6.31. The molecule has 0 saturated carbocycles. The number of aromatic nitrogens is 2. The second-order valence-corrected chi connectivity index (χ2v) is 3.96. The molecule has 0 unspecified atom stereocenters. The van der Waals surface area contributed by atoms with Gasteiger partial charge in [-0.05, 0) is 18.2 Å². The molecule has 1 aromatic carbocycles. The topological polar surface area (TPSA) is 36.2 Å². The molecule has 4 nitrogen and oxygen atoms in total. The summed E-state index contributed by atoms with van der Waals surface area (Å²) >= 11 is 5.90. The molecule has 0 spiro atoms. The lowest BCUT2D eigenvalue weighted by molar-refractivity contribution is 0.0179. The Kier molecular flexibility index (Phi) is 1.87. The van der Waals surface area contributed by atoms with Crippen molar-refractivity contribution in [3.05, 3.63) is 33.6 Å². The van der Waals surface area contributed by atoms with E-state index >= 15 is 0 Å². The maximum Gasteiger partial charge on any atom is 0.274 e. The van der Waals surface area contributed by atoms with Gasteiger partial charge in [-0.3, -0.25) is 9.48 Å². The first-order valence-electron chi connectivity index (χ1n) is 4.74. The Hall–Kier alpha value is -1.26. The molecule has 0 radical (unpaired) electrons. The van der Waals surface area contributed by atoms with Crippen molar-refractivity contribution in [2.45, 2.75) is 13.3 Å². The molecule has 1 aliphatic rings. The summed E-state index contributed by atoms with van der Waals surface area (Å²) in [5.41, 5.74) is 0.872. The molecule has 0 fully saturated rings. The predicted octanol–water partition coefficient (Wildman–Crippen LogP) is 1.44. The van der Waals surface area contributed by atoms with Crippen LogP contribution < -0.4 is 5.56 Å². The summed E-state index contributed by atoms with van der Waals surface area (Å²) in [5, 5.41) is 1.33. The normalized spacial score (nSPS) is 15.5. The van der Waals surface area contributed by atoms with Crippen molar-refractivity contribution in [2.24, 2.45) is 0 Å². The van der Waals surface area contributed by atoms with Crippen LogP contribution in [0.1, 0.15) is 0 Å². The number of ether oxygens (including phenoxy) is 1. The third-order valence-electron chi connectivity index (χ3n) is 2.66. The summed E-state index contributed by atoms with van der Waals surface area (Å²) in [6.07, 6.45) is 0. The summed E-state index contributed by atoms with van der Waals surface area (Å²) < 4.78 is 8.84. The van der Waals surface area contributed by atoms with Gasteiger partial charge in [0.1, 0.15) is 6.73 Å². The fraction of sp³-hybridized carbons (Fsp3) is 0.300. The summed E-state index contributed by atoms with van der Waals surface area (Å²) in [6.45, 7) is 1.61. The molecule has 0 aliphatic carbocycles. The molecule has 2 heterocycles. The van der Waals surface area contributed by atoms with Crippen LogP contribution in [0, 0.1) is 0 Å². The van der Waals surface area contributed by atoms with E-state index in [1.165, 1.54) is 0 Å². The molecule has 0 amide bonds. The van der Waals surface area contributed by atoms with Gasteiger partial charge < -0.3 is 4.74 Å². The SMILES string of the molecule is O=c1c2ccc(Cl)cc2n2n1CCOC2. The Morgan fingerprint density at radius 2 is 2.20 bits per heavy atom. The molecular formula is C10H9ClN2O2. The molecule has 78 valence electrons. The average Bonchev–Trinajstić information content (AvgIpc) is 2.54. The zero-order chi connectivity index (χ0) is 10.4. The van der Waals surface area contributed by atoms with Gasteiger partial charge in [-0.15, -0.1) is 0 Å². The van der Waals surface area contributed by atoms with Gasteiger partial charge in [-0.1, -0.05) is 11.6 Å². The van der Waals surface area contributed by atoms with Crippen molar-refractivity contribution in [3.8, 4) is 0 Å². The molecule has 1 aromatic heterocycles. The van der Waals surface area contributed by atoms with E-state index < -0.39 is 0 Å². The number of fused-ring (bicyclic) bond motifs is 3. The summed E-state index contributed by atoms with van der Waals surface area (Å²) in [5.74, 6) is 0. The van der Waals surface area contributed by atoms with Crippen LogP contribution in [-0.2, 0) is 18.0 Å². The van der Waals surface area contributed by atoms with Gasteiger partial charge in [0.2, 0.25) is 0 Å². The van der Waals surface area contributed by atoms with Gasteiger partial charge >= 0.3 is 0 Å². The maximum absolute atomic E-state index is 11.9. The van der Waals surface area contributed by atoms with Crippen LogP contribution in [0.3, 0.4) is 0 Å². The third kappa shape index (κ3) is 1.22. The van der Waals surface area contributed by atoms with Gasteiger partial charge in [-0.2, -0.15) is 0 Å². The van der Waals surface area contributed by atoms with E-state index in [0.29, 0.717) is 30.3 Å². The molecule has 15 heavy (non-hydrogen) atoms. The van der Waals surface area contributed by atoms with Crippen molar-refractivity contribution in [1.29, 1.82) is 0 Å². The van der Waals surface area contributed by atoms with E-state index in [0.717, 1.165) is 5.52 Å². The second-order valence-electron chi connectivity index (χ2n) is 3.53. The molecule has 1 aliphatic heterocycles. The van der Waals surface area contributed by atoms with Gasteiger partial charge in [0.05, 0.1) is 24.1 Å². The van der Waals surface area contributed by atoms with Gasteiger partial charge in [0.15, 0.2) is 0 Å². The van der Waals surface area contributed by atoms with E-state index in [4.69, 9.17) is 16.3 Å². The Balaban J connectivity index is 2.44. The van der Waals surface area contributed by atoms with E-state index in [-0.39, 0.29) is 5.56 Å². The minimum Gasteiger partial charge on any atom is -0.357 e. The summed E-state index contributed by atoms with van der Waals surface area (Å²) in [6, 6.07) is 5.29. The van der Waals surface area contributed by atoms with Crippen LogP contribution in [-0.4, -0.2) is 16.0 Å². The van der Waals surface area contributed by atoms with Crippen molar-refractivity contribution < 1.29 is 4.74 Å². The monoisotopic (exact) mass is 224 g/mol. The molecule has 3 rings (SSSR count). The molecule has 2 aromatic rings. The van der Waals surface area contributed by atoms with Gasteiger partial charge in [-0.25, -0.2) is 4.68 Å². The highest BCUT2D eigenvalue weighted by Gasteiger charge is 2.16. The predicted molar refractivity (Wildman–Crippen MR) is 57.2 cm³/mol. The molecule has 0 bridgehead atoms. The minimum absolute atomic E-state index is 0.0324. The average molecular weight is 225 g/mol. The summed E-state index contributed by atoms with van der Waals surface area (Å²) in [7, 11) is 0. The fourth-order valence-electron chi connectivity index (χ4n) is 1.94. The number of nitrogens with zero attached hydrogens (tertiary/aromatic N) is 2. The van der Waals surface area contributed by atoms with Crippen LogP contribution in [0.2, 0.25) is 5.02 Å².